The Bertz CT molecular complexity index is 751. The summed E-state index contributed by atoms with van der Waals surface area (Å²) in [5, 5.41) is 8.23. The van der Waals surface area contributed by atoms with E-state index in [1.807, 2.05) is 49.1 Å². The molecule has 0 saturated heterocycles. The van der Waals surface area contributed by atoms with E-state index < -0.39 is 0 Å². The quantitative estimate of drug-likeness (QED) is 0.868. The second kappa shape index (κ2) is 8.04. The van der Waals surface area contributed by atoms with E-state index in [-0.39, 0.29) is 5.91 Å². The van der Waals surface area contributed by atoms with Crippen LogP contribution in [-0.2, 0) is 26.4 Å². The van der Waals surface area contributed by atoms with E-state index in [9.17, 15) is 4.79 Å². The molecule has 1 aromatic carbocycles. The van der Waals surface area contributed by atoms with Gasteiger partial charge >= 0.3 is 0 Å². The van der Waals surface area contributed by atoms with Crippen molar-refractivity contribution in [2.75, 3.05) is 13.6 Å². The number of amides is 1. The molecular formula is C21H30N4O. The molecule has 1 aliphatic carbocycles. The van der Waals surface area contributed by atoms with Crippen molar-refractivity contribution >= 4 is 5.91 Å². The Morgan fingerprint density at radius 1 is 1.35 bits per heavy atom. The summed E-state index contributed by atoms with van der Waals surface area (Å²) in [6, 6.07) is 10.5. The lowest BCUT2D eigenvalue weighted by atomic mass is 9.91. The number of aromatic nitrogens is 2. The first-order chi connectivity index (χ1) is 12.5. The van der Waals surface area contributed by atoms with Gasteiger partial charge in [-0.3, -0.25) is 9.48 Å². The largest absolute Gasteiger partial charge is 0.336 e. The average molecular weight is 354 g/mol. The second-order valence-electron chi connectivity index (χ2n) is 7.79. The van der Waals surface area contributed by atoms with Gasteiger partial charge in [0.05, 0.1) is 0 Å². The summed E-state index contributed by atoms with van der Waals surface area (Å²) >= 11 is 0. The molecule has 140 valence electrons. The predicted molar refractivity (Wildman–Crippen MR) is 104 cm³/mol. The van der Waals surface area contributed by atoms with Gasteiger partial charge in [0, 0.05) is 37.9 Å². The monoisotopic (exact) mass is 354 g/mol. The molecule has 1 aliphatic rings. The summed E-state index contributed by atoms with van der Waals surface area (Å²) in [7, 11) is 3.81. The maximum atomic E-state index is 13.0. The third kappa shape index (κ3) is 4.15. The van der Waals surface area contributed by atoms with Crippen molar-refractivity contribution in [3.8, 4) is 0 Å². The number of hydrogen-bond donors (Lipinski definition) is 1. The molecule has 5 heteroatoms. The van der Waals surface area contributed by atoms with Crippen molar-refractivity contribution in [3.05, 3.63) is 52.8 Å². The molecule has 0 spiro atoms. The lowest BCUT2D eigenvalue weighted by molar-refractivity contribution is 0.0777. The van der Waals surface area contributed by atoms with Crippen molar-refractivity contribution in [3.63, 3.8) is 0 Å². The molecule has 0 aliphatic heterocycles. The molecule has 26 heavy (non-hydrogen) atoms. The number of hydrogen-bond acceptors (Lipinski definition) is 3. The van der Waals surface area contributed by atoms with Crippen LogP contribution in [0.4, 0.5) is 0 Å². The zero-order valence-electron chi connectivity index (χ0n) is 16.3. The Morgan fingerprint density at radius 3 is 2.77 bits per heavy atom. The highest BCUT2D eigenvalue weighted by Crippen LogP contribution is 2.25. The van der Waals surface area contributed by atoms with Crippen LogP contribution in [0.2, 0.25) is 0 Å². The normalized spacial score (nSPS) is 16.6. The van der Waals surface area contributed by atoms with Crippen LogP contribution in [0.1, 0.15) is 47.6 Å². The molecule has 0 bridgehead atoms. The van der Waals surface area contributed by atoms with E-state index in [2.05, 4.69) is 24.3 Å². The van der Waals surface area contributed by atoms with Crippen LogP contribution in [0.3, 0.4) is 0 Å². The van der Waals surface area contributed by atoms with Gasteiger partial charge in [-0.05, 0) is 37.3 Å². The van der Waals surface area contributed by atoms with Crippen LogP contribution >= 0.6 is 0 Å². The smallest absolute Gasteiger partial charge is 0.274 e. The first-order valence-electron chi connectivity index (χ1n) is 9.53. The summed E-state index contributed by atoms with van der Waals surface area (Å²) in [4.78, 5) is 14.8. The molecule has 1 heterocycles. The van der Waals surface area contributed by atoms with Gasteiger partial charge in [0.15, 0.2) is 5.69 Å². The number of fused-ring (bicyclic) bond motifs is 1. The molecule has 1 aromatic heterocycles. The van der Waals surface area contributed by atoms with Gasteiger partial charge in [0.1, 0.15) is 0 Å². The Morgan fingerprint density at radius 2 is 2.08 bits per heavy atom. The minimum absolute atomic E-state index is 0.00946. The van der Waals surface area contributed by atoms with Gasteiger partial charge in [0.25, 0.3) is 5.91 Å². The number of aryl methyl sites for hydroxylation is 1. The van der Waals surface area contributed by atoms with Gasteiger partial charge in [0.2, 0.25) is 0 Å². The van der Waals surface area contributed by atoms with Crippen molar-refractivity contribution in [2.45, 2.75) is 45.7 Å². The van der Waals surface area contributed by atoms with Crippen molar-refractivity contribution in [1.29, 1.82) is 0 Å². The first-order valence-corrected chi connectivity index (χ1v) is 9.53. The van der Waals surface area contributed by atoms with Crippen LogP contribution in [-0.4, -0.2) is 40.2 Å². The Balaban J connectivity index is 1.75. The second-order valence-corrected chi connectivity index (χ2v) is 7.79. The van der Waals surface area contributed by atoms with Crippen LogP contribution in [0.5, 0.6) is 0 Å². The van der Waals surface area contributed by atoms with Gasteiger partial charge in [-0.2, -0.15) is 5.10 Å². The Kier molecular flexibility index (Phi) is 5.77. The molecule has 1 N–H and O–H groups in total. The van der Waals surface area contributed by atoms with Gasteiger partial charge in [-0.1, -0.05) is 44.2 Å². The molecule has 0 radical (unpaired) electrons. The van der Waals surface area contributed by atoms with E-state index in [0.29, 0.717) is 24.2 Å². The fraction of sp³-hybridized carbons (Fsp3) is 0.524. The Hall–Kier alpha value is -2.14. The van der Waals surface area contributed by atoms with Crippen LogP contribution in [0.15, 0.2) is 30.3 Å². The molecule has 1 unspecified atom stereocenters. The fourth-order valence-corrected chi connectivity index (χ4v) is 3.65. The number of carbonyl (C=O) groups excluding carboxylic acids is 1. The molecule has 3 rings (SSSR count). The number of benzene rings is 1. The van der Waals surface area contributed by atoms with Gasteiger partial charge in [-0.25, -0.2) is 0 Å². The highest BCUT2D eigenvalue weighted by Gasteiger charge is 2.29. The minimum atomic E-state index is 0.00946. The molecule has 0 saturated carbocycles. The highest BCUT2D eigenvalue weighted by atomic mass is 16.2. The van der Waals surface area contributed by atoms with Gasteiger partial charge < -0.3 is 10.2 Å². The zero-order chi connectivity index (χ0) is 18.7. The van der Waals surface area contributed by atoms with E-state index in [4.69, 9.17) is 0 Å². The van der Waals surface area contributed by atoms with Crippen LogP contribution < -0.4 is 5.32 Å². The molecular weight excluding hydrogens is 324 g/mol. The molecule has 5 nitrogen and oxygen atoms in total. The summed E-state index contributed by atoms with van der Waals surface area (Å²) in [6.45, 7) is 6.05. The highest BCUT2D eigenvalue weighted by molar-refractivity contribution is 5.94. The first kappa shape index (κ1) is 18.6. The minimum Gasteiger partial charge on any atom is -0.336 e. The lowest BCUT2D eigenvalue weighted by Crippen LogP contribution is -2.37. The summed E-state index contributed by atoms with van der Waals surface area (Å²) in [5.74, 6) is 0.638. The van der Waals surface area contributed by atoms with Crippen molar-refractivity contribution in [1.82, 2.24) is 20.0 Å². The van der Waals surface area contributed by atoms with E-state index in [1.165, 1.54) is 5.69 Å². The molecule has 2 aromatic rings. The topological polar surface area (TPSA) is 50.2 Å². The van der Waals surface area contributed by atoms with E-state index in [1.54, 1.807) is 4.90 Å². The zero-order valence-corrected chi connectivity index (χ0v) is 16.3. The fourth-order valence-electron chi connectivity index (χ4n) is 3.65. The summed E-state index contributed by atoms with van der Waals surface area (Å²) < 4.78 is 1.90. The third-order valence-electron chi connectivity index (χ3n) is 5.08. The van der Waals surface area contributed by atoms with Crippen LogP contribution in [0.25, 0.3) is 0 Å². The van der Waals surface area contributed by atoms with E-state index in [0.717, 1.165) is 36.9 Å². The maximum Gasteiger partial charge on any atom is 0.274 e. The Labute approximate surface area is 156 Å². The van der Waals surface area contributed by atoms with E-state index >= 15 is 0 Å². The molecule has 1 amide bonds. The number of rotatable bonds is 6. The third-order valence-corrected chi connectivity index (χ3v) is 5.08. The van der Waals surface area contributed by atoms with Crippen LogP contribution in [0, 0.1) is 5.92 Å². The number of carbonyl (C=O) groups is 1. The SMILES string of the molecule is CC(C)CNC1CCc2c(c(C(=O)N(C)Cc3ccccc3)nn2C)C1. The van der Waals surface area contributed by atoms with Crippen molar-refractivity contribution in [2.24, 2.45) is 13.0 Å². The standard InChI is InChI=1S/C21H30N4O/c1-15(2)13-22-17-10-11-19-18(12-17)20(23-25(19)4)21(26)24(3)14-16-8-6-5-7-9-16/h5-9,15,17,22H,10-14H2,1-4H3. The van der Waals surface area contributed by atoms with Crippen molar-refractivity contribution < 1.29 is 4.79 Å². The molecule has 1 atom stereocenters. The number of nitrogens with zero attached hydrogens (tertiary/aromatic N) is 3. The molecule has 0 fully saturated rings. The predicted octanol–water partition coefficient (Wildman–Crippen LogP) is 2.80. The summed E-state index contributed by atoms with van der Waals surface area (Å²) in [6.07, 6.45) is 2.97. The van der Waals surface area contributed by atoms with Gasteiger partial charge in [-0.15, -0.1) is 0 Å². The lowest BCUT2D eigenvalue weighted by Gasteiger charge is -2.25. The number of nitrogens with one attached hydrogen (secondary N) is 1. The average Bonchev–Trinajstić information content (AvgIpc) is 2.96. The maximum absolute atomic E-state index is 13.0. The summed E-state index contributed by atoms with van der Waals surface area (Å²) in [5.41, 5.74) is 4.09.